The minimum Gasteiger partial charge on any atom is -0.363 e. The molecular formula is C17H19F3N4. The third-order valence-electron chi connectivity index (χ3n) is 4.15. The Bertz CT molecular complexity index is 727. The van der Waals surface area contributed by atoms with E-state index in [2.05, 4.69) is 15.6 Å². The van der Waals surface area contributed by atoms with Crippen LogP contribution in [0.2, 0.25) is 0 Å². The van der Waals surface area contributed by atoms with Crippen molar-refractivity contribution in [2.45, 2.75) is 39.0 Å². The zero-order valence-corrected chi connectivity index (χ0v) is 13.5. The first-order valence-electron chi connectivity index (χ1n) is 7.88. The van der Waals surface area contributed by atoms with Gasteiger partial charge in [-0.25, -0.2) is 4.68 Å². The number of rotatable bonds is 5. The molecule has 1 unspecified atom stereocenters. The van der Waals surface area contributed by atoms with Crippen LogP contribution in [0.25, 0.3) is 6.08 Å². The van der Waals surface area contributed by atoms with Gasteiger partial charge in [-0.15, -0.1) is 5.10 Å². The normalized spacial score (nSPS) is 16.5. The van der Waals surface area contributed by atoms with Crippen molar-refractivity contribution in [3.8, 4) is 0 Å². The highest BCUT2D eigenvalue weighted by Gasteiger charge is 2.35. The minimum absolute atomic E-state index is 0.103. The molecule has 1 aromatic carbocycles. The lowest BCUT2D eigenvalue weighted by Gasteiger charge is -2.21. The number of benzene rings is 1. The Labute approximate surface area is 138 Å². The predicted octanol–water partition coefficient (Wildman–Crippen LogP) is 4.66. The Hall–Kier alpha value is -2.31. The number of alkyl halides is 3. The maximum Gasteiger partial charge on any atom is 0.416 e. The quantitative estimate of drug-likeness (QED) is 0.863. The standard InChI is InChI=1S/C17H19F3N4/c1-3-4-15-11(2)24(23-22-15)16(12-5-6-12)21-14-9-7-13(8-10-14)17(18,19)20/h3-4,7-10,12,16,21H,5-6H2,1-2H3/b4-3-. The summed E-state index contributed by atoms with van der Waals surface area (Å²) in [5, 5.41) is 11.7. The first-order chi connectivity index (χ1) is 11.4. The Morgan fingerprint density at radius 2 is 1.92 bits per heavy atom. The monoisotopic (exact) mass is 336 g/mol. The van der Waals surface area contributed by atoms with Gasteiger partial charge < -0.3 is 5.32 Å². The number of nitrogens with one attached hydrogen (secondary N) is 1. The van der Waals surface area contributed by atoms with Crippen LogP contribution in [-0.4, -0.2) is 15.0 Å². The summed E-state index contributed by atoms with van der Waals surface area (Å²) in [5.41, 5.74) is 1.73. The molecule has 1 heterocycles. The third-order valence-corrected chi connectivity index (χ3v) is 4.15. The average molecular weight is 336 g/mol. The molecule has 3 rings (SSSR count). The van der Waals surface area contributed by atoms with Gasteiger partial charge in [0.1, 0.15) is 11.9 Å². The van der Waals surface area contributed by atoms with E-state index in [9.17, 15) is 13.2 Å². The highest BCUT2D eigenvalue weighted by molar-refractivity contribution is 5.48. The van der Waals surface area contributed by atoms with Crippen molar-refractivity contribution in [3.63, 3.8) is 0 Å². The number of allylic oxidation sites excluding steroid dienone is 1. The van der Waals surface area contributed by atoms with Crippen molar-refractivity contribution in [2.75, 3.05) is 5.32 Å². The molecule has 1 saturated carbocycles. The van der Waals surface area contributed by atoms with Gasteiger partial charge in [0.2, 0.25) is 0 Å². The van der Waals surface area contributed by atoms with Crippen LogP contribution in [-0.2, 0) is 6.18 Å². The largest absolute Gasteiger partial charge is 0.416 e. The average Bonchev–Trinajstić information content (AvgIpc) is 3.31. The molecule has 0 saturated heterocycles. The summed E-state index contributed by atoms with van der Waals surface area (Å²) in [7, 11) is 0. The molecule has 1 aliphatic carbocycles. The predicted molar refractivity (Wildman–Crippen MR) is 86.3 cm³/mol. The second kappa shape index (κ2) is 6.30. The molecule has 0 aliphatic heterocycles. The zero-order chi connectivity index (χ0) is 17.3. The maximum atomic E-state index is 12.7. The van der Waals surface area contributed by atoms with E-state index in [0.717, 1.165) is 36.4 Å². The van der Waals surface area contributed by atoms with E-state index in [0.29, 0.717) is 11.6 Å². The molecular weight excluding hydrogens is 317 g/mol. The molecule has 1 fully saturated rings. The first-order valence-corrected chi connectivity index (χ1v) is 7.88. The lowest BCUT2D eigenvalue weighted by Crippen LogP contribution is -2.23. The molecule has 128 valence electrons. The van der Waals surface area contributed by atoms with Gasteiger partial charge in [-0.1, -0.05) is 11.3 Å². The van der Waals surface area contributed by atoms with E-state index in [-0.39, 0.29) is 6.17 Å². The highest BCUT2D eigenvalue weighted by Crippen LogP contribution is 2.40. The topological polar surface area (TPSA) is 42.7 Å². The number of nitrogens with zero attached hydrogens (tertiary/aromatic N) is 3. The van der Waals surface area contributed by atoms with Crippen LogP contribution < -0.4 is 5.32 Å². The van der Waals surface area contributed by atoms with Crippen LogP contribution in [0, 0.1) is 12.8 Å². The van der Waals surface area contributed by atoms with Crippen LogP contribution >= 0.6 is 0 Å². The molecule has 2 aromatic rings. The number of hydrogen-bond acceptors (Lipinski definition) is 3. The maximum absolute atomic E-state index is 12.7. The van der Waals surface area contributed by atoms with Crippen molar-refractivity contribution in [3.05, 3.63) is 47.3 Å². The van der Waals surface area contributed by atoms with Gasteiger partial charge in [0.25, 0.3) is 0 Å². The SMILES string of the molecule is C/C=C\c1nnn(C(Nc2ccc(C(F)(F)F)cc2)C2CC2)c1C. The Morgan fingerprint density at radius 3 is 2.46 bits per heavy atom. The van der Waals surface area contributed by atoms with Crippen molar-refractivity contribution in [1.29, 1.82) is 0 Å². The van der Waals surface area contributed by atoms with Crippen molar-refractivity contribution in [1.82, 2.24) is 15.0 Å². The molecule has 4 nitrogen and oxygen atoms in total. The van der Waals surface area contributed by atoms with Gasteiger partial charge in [0.05, 0.1) is 11.3 Å². The van der Waals surface area contributed by atoms with Crippen molar-refractivity contribution >= 4 is 11.8 Å². The van der Waals surface area contributed by atoms with E-state index in [1.807, 2.05) is 30.7 Å². The van der Waals surface area contributed by atoms with E-state index >= 15 is 0 Å². The van der Waals surface area contributed by atoms with Crippen molar-refractivity contribution in [2.24, 2.45) is 5.92 Å². The molecule has 1 N–H and O–H groups in total. The van der Waals surface area contributed by atoms with Gasteiger partial charge >= 0.3 is 6.18 Å². The lowest BCUT2D eigenvalue weighted by molar-refractivity contribution is -0.137. The number of aromatic nitrogens is 3. The second-order valence-corrected chi connectivity index (χ2v) is 6.01. The molecule has 0 amide bonds. The summed E-state index contributed by atoms with van der Waals surface area (Å²) >= 11 is 0. The molecule has 1 aromatic heterocycles. The first kappa shape index (κ1) is 16.5. The zero-order valence-electron chi connectivity index (χ0n) is 13.5. The summed E-state index contributed by atoms with van der Waals surface area (Å²) in [6, 6.07) is 5.09. The third kappa shape index (κ3) is 3.44. The summed E-state index contributed by atoms with van der Waals surface area (Å²) in [6.07, 6.45) is 1.50. The molecule has 1 atom stereocenters. The van der Waals surface area contributed by atoms with E-state index < -0.39 is 11.7 Å². The van der Waals surface area contributed by atoms with E-state index in [1.54, 1.807) is 0 Å². The fraction of sp³-hybridized carbons (Fsp3) is 0.412. The van der Waals surface area contributed by atoms with Gasteiger partial charge in [-0.3, -0.25) is 0 Å². The van der Waals surface area contributed by atoms with Crippen molar-refractivity contribution < 1.29 is 13.2 Å². The number of hydrogen-bond donors (Lipinski definition) is 1. The van der Waals surface area contributed by atoms with Crippen LogP contribution in [0.1, 0.15) is 42.9 Å². The number of halogens is 3. The Morgan fingerprint density at radius 1 is 1.25 bits per heavy atom. The summed E-state index contributed by atoms with van der Waals surface area (Å²) in [6.45, 7) is 3.86. The van der Waals surface area contributed by atoms with Gasteiger partial charge in [-0.05, 0) is 62.9 Å². The molecule has 0 radical (unpaired) electrons. The molecule has 7 heteroatoms. The molecule has 24 heavy (non-hydrogen) atoms. The molecule has 1 aliphatic rings. The molecule has 0 bridgehead atoms. The van der Waals surface area contributed by atoms with Crippen LogP contribution in [0.5, 0.6) is 0 Å². The van der Waals surface area contributed by atoms with Gasteiger partial charge in [0, 0.05) is 5.69 Å². The Balaban J connectivity index is 1.83. The summed E-state index contributed by atoms with van der Waals surface area (Å²) < 4.78 is 39.8. The molecule has 0 spiro atoms. The second-order valence-electron chi connectivity index (χ2n) is 6.01. The Kier molecular flexibility index (Phi) is 4.34. The van der Waals surface area contributed by atoms with Gasteiger partial charge in [-0.2, -0.15) is 13.2 Å². The highest BCUT2D eigenvalue weighted by atomic mass is 19.4. The summed E-state index contributed by atoms with van der Waals surface area (Å²) in [5.74, 6) is 0.408. The van der Waals surface area contributed by atoms with Gasteiger partial charge in [0.15, 0.2) is 0 Å². The number of anilines is 1. The van der Waals surface area contributed by atoms with Crippen LogP contribution in [0.15, 0.2) is 30.3 Å². The fourth-order valence-corrected chi connectivity index (χ4v) is 2.65. The van der Waals surface area contributed by atoms with E-state index in [4.69, 9.17) is 0 Å². The lowest BCUT2D eigenvalue weighted by atomic mass is 10.2. The van der Waals surface area contributed by atoms with Crippen LogP contribution in [0.4, 0.5) is 18.9 Å². The summed E-state index contributed by atoms with van der Waals surface area (Å²) in [4.78, 5) is 0. The smallest absolute Gasteiger partial charge is 0.363 e. The van der Waals surface area contributed by atoms with Crippen LogP contribution in [0.3, 0.4) is 0 Å². The van der Waals surface area contributed by atoms with E-state index in [1.165, 1.54) is 12.1 Å². The fourth-order valence-electron chi connectivity index (χ4n) is 2.65. The minimum atomic E-state index is -4.32.